The summed E-state index contributed by atoms with van der Waals surface area (Å²) in [4.78, 5) is 28.8. The third-order valence-electron chi connectivity index (χ3n) is 8.24. The molecule has 0 unspecified atom stereocenters. The predicted octanol–water partition coefficient (Wildman–Crippen LogP) is 8.66. The monoisotopic (exact) mass is 572 g/mol. The molecule has 40 heavy (non-hydrogen) atoms. The van der Waals surface area contributed by atoms with Gasteiger partial charge in [-0.05, 0) is 124 Å². The Balaban J connectivity index is 1.96. The lowest BCUT2D eigenvalue weighted by Gasteiger charge is -2.04. The summed E-state index contributed by atoms with van der Waals surface area (Å²) in [6.07, 6.45) is 0.444. The Kier molecular flexibility index (Phi) is 7.52. The molecule has 0 aliphatic carbocycles. The van der Waals surface area contributed by atoms with E-state index in [4.69, 9.17) is 35.2 Å². The van der Waals surface area contributed by atoms with E-state index in [1.807, 2.05) is 13.0 Å². The molecule has 8 heteroatoms. The fourth-order valence-corrected chi connectivity index (χ4v) is 6.51. The minimum atomic E-state index is -0.826. The van der Waals surface area contributed by atoms with Gasteiger partial charge in [-0.1, -0.05) is 0 Å². The molecule has 3 aromatic rings. The van der Waals surface area contributed by atoms with E-state index in [0.29, 0.717) is 6.42 Å². The van der Waals surface area contributed by atoms with Crippen molar-refractivity contribution in [3.8, 4) is 0 Å². The highest BCUT2D eigenvalue weighted by atomic mass is 32.1. The quantitative estimate of drug-likeness (QED) is 0.198. The number of allylic oxidation sites excluding steroid dienone is 4. The normalized spacial score (nSPS) is 15.1. The molecule has 0 radical (unpaired) electrons. The van der Waals surface area contributed by atoms with Gasteiger partial charge >= 0.3 is 5.97 Å². The van der Waals surface area contributed by atoms with Crippen molar-refractivity contribution >= 4 is 75.6 Å². The number of thiol groups is 2. The van der Waals surface area contributed by atoms with Crippen molar-refractivity contribution in [1.29, 1.82) is 0 Å². The molecular weight excluding hydrogens is 537 g/mol. The Morgan fingerprint density at radius 3 is 1.73 bits per heavy atom. The highest BCUT2D eigenvalue weighted by molar-refractivity contribution is 7.80. The smallest absolute Gasteiger partial charge is 0.303 e. The van der Waals surface area contributed by atoms with E-state index >= 15 is 0 Å². The van der Waals surface area contributed by atoms with Gasteiger partial charge in [-0.15, -0.1) is 0 Å². The molecule has 5 heterocycles. The Labute approximate surface area is 245 Å². The predicted molar refractivity (Wildman–Crippen MR) is 173 cm³/mol. The maximum Gasteiger partial charge on any atom is 0.303 e. The molecule has 0 spiro atoms. The number of aromatic amines is 2. The minimum Gasteiger partial charge on any atom is -0.481 e. The summed E-state index contributed by atoms with van der Waals surface area (Å²) in [6, 6.07) is 8.34. The van der Waals surface area contributed by atoms with Gasteiger partial charge in [0.15, 0.2) is 0 Å². The summed E-state index contributed by atoms with van der Waals surface area (Å²) >= 11 is 9.65. The van der Waals surface area contributed by atoms with E-state index in [0.717, 1.165) is 89.4 Å². The highest BCUT2D eigenvalue weighted by Crippen LogP contribution is 2.38. The highest BCUT2D eigenvalue weighted by Gasteiger charge is 2.22. The van der Waals surface area contributed by atoms with Crippen LogP contribution in [-0.4, -0.2) is 31.0 Å². The molecule has 3 N–H and O–H groups in total. The van der Waals surface area contributed by atoms with Crippen molar-refractivity contribution in [2.75, 3.05) is 0 Å². The van der Waals surface area contributed by atoms with Gasteiger partial charge in [-0.3, -0.25) is 4.79 Å². The van der Waals surface area contributed by atoms with Crippen LogP contribution in [0.3, 0.4) is 0 Å². The van der Waals surface area contributed by atoms with Crippen molar-refractivity contribution in [3.05, 3.63) is 69.3 Å². The van der Waals surface area contributed by atoms with Gasteiger partial charge in [0.05, 0.1) is 22.8 Å². The Hall–Kier alpha value is -3.23. The van der Waals surface area contributed by atoms with Crippen molar-refractivity contribution in [1.82, 2.24) is 19.9 Å². The van der Waals surface area contributed by atoms with Gasteiger partial charge in [-0.2, -0.15) is 25.3 Å². The van der Waals surface area contributed by atoms with Gasteiger partial charge in [-0.25, -0.2) is 9.97 Å². The average Bonchev–Trinajstić information content (AvgIpc) is 3.52. The first-order valence-corrected chi connectivity index (χ1v) is 14.6. The first-order valence-electron chi connectivity index (χ1n) is 13.6. The van der Waals surface area contributed by atoms with Crippen LogP contribution in [0.15, 0.2) is 24.3 Å². The molecule has 208 valence electrons. The van der Waals surface area contributed by atoms with Crippen LogP contribution in [0, 0.1) is 13.8 Å². The summed E-state index contributed by atoms with van der Waals surface area (Å²) in [6.45, 7) is 14.6. The van der Waals surface area contributed by atoms with Crippen LogP contribution >= 0.6 is 25.3 Å². The number of aryl methyl sites for hydroxylation is 2. The van der Waals surface area contributed by atoms with Gasteiger partial charge in [0.2, 0.25) is 0 Å². The standard InChI is InChI=1S/C32H36N4O2S2/c1-14-15(2)23-12-28-32(20(7)40)18(5)26(36-28)13-29-31(19(6)39)17(4)25(35-29)10-24-16(3)21(8-9-30(37)38)27(34-24)11-22(14)33-23/h10-13,19-20,35-36,39-40H,8-9H2,1-7H3,(H,37,38)/t19-,20-/m0/s1. The second-order valence-corrected chi connectivity index (χ2v) is 12.5. The third kappa shape index (κ3) is 4.92. The number of hydrogen-bond donors (Lipinski definition) is 5. The summed E-state index contributed by atoms with van der Waals surface area (Å²) < 4.78 is 0. The van der Waals surface area contributed by atoms with E-state index < -0.39 is 5.97 Å². The Morgan fingerprint density at radius 1 is 0.725 bits per heavy atom. The molecule has 0 amide bonds. The van der Waals surface area contributed by atoms with Crippen LogP contribution in [-0.2, 0) is 4.79 Å². The zero-order chi connectivity index (χ0) is 29.0. The Morgan fingerprint density at radius 2 is 1.18 bits per heavy atom. The maximum absolute atomic E-state index is 11.5. The molecule has 2 aliphatic rings. The number of rotatable bonds is 5. The molecule has 0 aromatic carbocycles. The van der Waals surface area contributed by atoms with Crippen LogP contribution in [0.2, 0.25) is 0 Å². The lowest BCUT2D eigenvalue weighted by atomic mass is 10.00. The fraction of sp³-hybridized carbons (Fsp3) is 0.344. The second kappa shape index (κ2) is 10.6. The molecule has 2 atom stereocenters. The number of carboxylic acids is 1. The van der Waals surface area contributed by atoms with Gasteiger partial charge in [0.25, 0.3) is 0 Å². The topological polar surface area (TPSA) is 94.7 Å². The number of fused-ring (bicyclic) bond motifs is 8. The summed E-state index contributed by atoms with van der Waals surface area (Å²) in [7, 11) is 0. The van der Waals surface area contributed by atoms with Crippen molar-refractivity contribution in [3.63, 3.8) is 0 Å². The van der Waals surface area contributed by atoms with Crippen molar-refractivity contribution in [2.24, 2.45) is 0 Å². The van der Waals surface area contributed by atoms with E-state index in [2.05, 4.69) is 69.7 Å². The zero-order valence-corrected chi connectivity index (χ0v) is 25.8. The van der Waals surface area contributed by atoms with Crippen LogP contribution in [0.5, 0.6) is 0 Å². The van der Waals surface area contributed by atoms with Crippen LogP contribution in [0.1, 0.15) is 103 Å². The first kappa shape index (κ1) is 28.3. The molecule has 5 rings (SSSR count). The van der Waals surface area contributed by atoms with Crippen molar-refractivity contribution in [2.45, 2.75) is 71.8 Å². The number of aliphatic carboxylic acids is 1. The molecule has 0 saturated heterocycles. The molecular formula is C32H36N4O2S2. The number of nitrogens with zero attached hydrogens (tertiary/aromatic N) is 2. The van der Waals surface area contributed by atoms with Crippen LogP contribution < -0.4 is 0 Å². The average molecular weight is 573 g/mol. The van der Waals surface area contributed by atoms with E-state index in [1.54, 1.807) is 0 Å². The largest absolute Gasteiger partial charge is 0.481 e. The number of hydrogen-bond acceptors (Lipinski definition) is 5. The number of nitrogens with one attached hydrogen (secondary N) is 2. The molecule has 8 bridgehead atoms. The number of carbonyl (C=O) groups is 1. The number of H-pyrrole nitrogens is 2. The van der Waals surface area contributed by atoms with Crippen LogP contribution in [0.4, 0.5) is 0 Å². The van der Waals surface area contributed by atoms with E-state index in [9.17, 15) is 9.90 Å². The third-order valence-corrected chi connectivity index (χ3v) is 8.76. The lowest BCUT2D eigenvalue weighted by Crippen LogP contribution is -1.95. The van der Waals surface area contributed by atoms with E-state index in [-0.39, 0.29) is 16.9 Å². The molecule has 0 saturated carbocycles. The fourth-order valence-electron chi connectivity index (χ4n) is 5.84. The molecule has 3 aromatic heterocycles. The summed E-state index contributed by atoms with van der Waals surface area (Å²) in [5, 5.41) is 9.46. The van der Waals surface area contributed by atoms with Crippen molar-refractivity contribution < 1.29 is 9.90 Å². The van der Waals surface area contributed by atoms with Gasteiger partial charge in [0, 0.05) is 39.0 Å². The zero-order valence-electron chi connectivity index (χ0n) is 24.0. The second-order valence-electron chi connectivity index (χ2n) is 10.9. The maximum atomic E-state index is 11.5. The van der Waals surface area contributed by atoms with Gasteiger partial charge in [0.1, 0.15) is 0 Å². The Bertz CT molecular complexity index is 1790. The number of carboxylic acid groups (broad SMARTS) is 1. The summed E-state index contributed by atoms with van der Waals surface area (Å²) in [5.74, 6) is -0.826. The minimum absolute atomic E-state index is 0.0114. The SMILES string of the molecule is CC1=C(C)c2cc3[nH]c(cc4[nH]c(cc5nc(cc1n2)C(CCC(=O)O)=C5C)c(C)c4[C@H](C)S)c(C)c3[C@H](C)S. The molecule has 0 fully saturated rings. The first-order chi connectivity index (χ1) is 18.9. The number of aromatic nitrogens is 4. The summed E-state index contributed by atoms with van der Waals surface area (Å²) in [5.41, 5.74) is 16.0. The lowest BCUT2D eigenvalue weighted by molar-refractivity contribution is -0.136. The van der Waals surface area contributed by atoms with E-state index in [1.165, 1.54) is 0 Å². The molecule has 2 aliphatic heterocycles. The van der Waals surface area contributed by atoms with Gasteiger partial charge < -0.3 is 15.1 Å². The van der Waals surface area contributed by atoms with Crippen LogP contribution in [0.25, 0.3) is 44.4 Å². The molecule has 6 nitrogen and oxygen atoms in total.